The van der Waals surface area contributed by atoms with Crippen molar-refractivity contribution in [3.63, 3.8) is 0 Å². The van der Waals surface area contributed by atoms with Crippen LogP contribution in [0.3, 0.4) is 0 Å². The number of hydrogen-bond acceptors (Lipinski definition) is 6. The summed E-state index contributed by atoms with van der Waals surface area (Å²) in [5, 5.41) is 6.57. The van der Waals surface area contributed by atoms with Crippen LogP contribution in [0.5, 0.6) is 11.5 Å². The first-order chi connectivity index (χ1) is 14.1. The van der Waals surface area contributed by atoms with E-state index in [0.29, 0.717) is 45.6 Å². The highest BCUT2D eigenvalue weighted by atomic mass is 32.2. The molecule has 0 fully saturated rings. The Hall–Kier alpha value is -2.09. The van der Waals surface area contributed by atoms with Gasteiger partial charge in [0, 0.05) is 24.2 Å². The summed E-state index contributed by atoms with van der Waals surface area (Å²) in [6.07, 6.45) is 2.15. The maximum absolute atomic E-state index is 12.9. The molecule has 0 amide bonds. The molecule has 0 atom stereocenters. The summed E-state index contributed by atoms with van der Waals surface area (Å²) in [7, 11) is -3.50. The molecule has 0 bridgehead atoms. The lowest BCUT2D eigenvalue weighted by Gasteiger charge is -2.10. The molecule has 0 spiro atoms. The lowest BCUT2D eigenvalue weighted by atomic mass is 10.1. The maximum Gasteiger partial charge on any atom is 0.207 e. The smallest absolute Gasteiger partial charge is 0.207 e. The van der Waals surface area contributed by atoms with Crippen molar-refractivity contribution in [1.29, 1.82) is 0 Å². The third-order valence-electron chi connectivity index (χ3n) is 4.72. The van der Waals surface area contributed by atoms with Crippen molar-refractivity contribution in [2.75, 3.05) is 39.4 Å². The second-order valence-corrected chi connectivity index (χ2v) is 8.90. The number of sulfone groups is 1. The monoisotopic (exact) mass is 418 g/mol. The first-order valence-electron chi connectivity index (χ1n) is 10.3. The average Bonchev–Trinajstić information content (AvgIpc) is 2.94. The van der Waals surface area contributed by atoms with Crippen molar-refractivity contribution in [1.82, 2.24) is 10.6 Å². The van der Waals surface area contributed by atoms with Crippen LogP contribution in [0, 0.1) is 0 Å². The third kappa shape index (κ3) is 5.10. The van der Waals surface area contributed by atoms with E-state index < -0.39 is 9.84 Å². The molecule has 6 nitrogen and oxygen atoms in total. The molecule has 1 heterocycles. The molecule has 29 heavy (non-hydrogen) atoms. The Morgan fingerprint density at radius 1 is 0.724 bits per heavy atom. The highest BCUT2D eigenvalue weighted by molar-refractivity contribution is 7.92. The second kappa shape index (κ2) is 10.1. The standard InChI is InChI=1S/C22H30N2O4S/c1-3-9-23-11-13-27-17-5-7-21-19(15-17)20-16-18(28-14-12-24-10-4-2)6-8-22(20)29(21,25)26/h5-8,15-16,23-24H,3-4,9-14H2,1-2H3. The van der Waals surface area contributed by atoms with Gasteiger partial charge in [-0.25, -0.2) is 8.42 Å². The largest absolute Gasteiger partial charge is 0.492 e. The molecule has 2 N–H and O–H groups in total. The van der Waals surface area contributed by atoms with Crippen LogP contribution in [0.15, 0.2) is 46.2 Å². The minimum Gasteiger partial charge on any atom is -0.492 e. The lowest BCUT2D eigenvalue weighted by Crippen LogP contribution is -2.21. The van der Waals surface area contributed by atoms with Gasteiger partial charge in [-0.05, 0) is 62.3 Å². The summed E-state index contributed by atoms with van der Waals surface area (Å²) in [4.78, 5) is 0.649. The lowest BCUT2D eigenvalue weighted by molar-refractivity contribution is 0.313. The molecule has 158 valence electrons. The van der Waals surface area contributed by atoms with Crippen molar-refractivity contribution < 1.29 is 17.9 Å². The summed E-state index contributed by atoms with van der Waals surface area (Å²) in [5.74, 6) is 1.33. The van der Waals surface area contributed by atoms with Gasteiger partial charge in [0.1, 0.15) is 24.7 Å². The van der Waals surface area contributed by atoms with E-state index in [1.165, 1.54) is 0 Å². The maximum atomic E-state index is 12.9. The Labute approximate surface area is 173 Å². The Bertz CT molecular complexity index is 859. The van der Waals surface area contributed by atoms with E-state index in [9.17, 15) is 8.42 Å². The number of nitrogens with one attached hydrogen (secondary N) is 2. The molecule has 0 aliphatic carbocycles. The molecular formula is C22H30N2O4S. The highest BCUT2D eigenvalue weighted by Gasteiger charge is 2.33. The van der Waals surface area contributed by atoms with E-state index in [1.807, 2.05) is 12.1 Å². The Morgan fingerprint density at radius 3 is 1.59 bits per heavy atom. The average molecular weight is 419 g/mol. The molecule has 3 rings (SSSR count). The van der Waals surface area contributed by atoms with Gasteiger partial charge in [-0.1, -0.05) is 13.8 Å². The zero-order chi connectivity index (χ0) is 20.7. The van der Waals surface area contributed by atoms with Crippen molar-refractivity contribution in [3.05, 3.63) is 36.4 Å². The second-order valence-electron chi connectivity index (χ2n) is 7.02. The van der Waals surface area contributed by atoms with Gasteiger partial charge >= 0.3 is 0 Å². The van der Waals surface area contributed by atoms with Crippen LogP contribution in [-0.2, 0) is 9.84 Å². The van der Waals surface area contributed by atoms with E-state index in [4.69, 9.17) is 9.47 Å². The van der Waals surface area contributed by atoms with Gasteiger partial charge in [0.2, 0.25) is 9.84 Å². The van der Waals surface area contributed by atoms with Gasteiger partial charge in [0.15, 0.2) is 0 Å². The Balaban J connectivity index is 1.75. The van der Waals surface area contributed by atoms with E-state index in [0.717, 1.165) is 39.0 Å². The Morgan fingerprint density at radius 2 is 1.17 bits per heavy atom. The van der Waals surface area contributed by atoms with E-state index in [-0.39, 0.29) is 0 Å². The fraction of sp³-hybridized carbons (Fsp3) is 0.455. The summed E-state index contributed by atoms with van der Waals surface area (Å²) in [6.45, 7) is 8.72. The predicted molar refractivity (Wildman–Crippen MR) is 115 cm³/mol. The van der Waals surface area contributed by atoms with E-state index in [1.54, 1.807) is 24.3 Å². The first-order valence-corrected chi connectivity index (χ1v) is 11.8. The minimum absolute atomic E-state index is 0.325. The molecule has 0 unspecified atom stereocenters. The van der Waals surface area contributed by atoms with Gasteiger partial charge in [-0.15, -0.1) is 0 Å². The fourth-order valence-electron chi connectivity index (χ4n) is 3.29. The van der Waals surface area contributed by atoms with Crippen LogP contribution < -0.4 is 20.1 Å². The zero-order valence-corrected chi connectivity index (χ0v) is 18.0. The van der Waals surface area contributed by atoms with Crippen molar-refractivity contribution in [2.45, 2.75) is 36.5 Å². The minimum atomic E-state index is -3.50. The van der Waals surface area contributed by atoms with Crippen LogP contribution >= 0.6 is 0 Å². The molecule has 0 saturated carbocycles. The summed E-state index contributed by atoms with van der Waals surface area (Å²) in [6, 6.07) is 10.3. The van der Waals surface area contributed by atoms with Gasteiger partial charge in [0.05, 0.1) is 9.79 Å². The molecule has 7 heteroatoms. The van der Waals surface area contributed by atoms with E-state index >= 15 is 0 Å². The fourth-order valence-corrected chi connectivity index (χ4v) is 4.94. The molecule has 2 aromatic carbocycles. The quantitative estimate of drug-likeness (QED) is 0.440. The summed E-state index contributed by atoms with van der Waals surface area (Å²) >= 11 is 0. The number of fused-ring (bicyclic) bond motifs is 3. The van der Waals surface area contributed by atoms with Gasteiger partial charge in [-0.2, -0.15) is 0 Å². The highest BCUT2D eigenvalue weighted by Crippen LogP contribution is 2.45. The number of hydrogen-bond donors (Lipinski definition) is 2. The third-order valence-corrected chi connectivity index (χ3v) is 6.59. The van der Waals surface area contributed by atoms with Crippen LogP contribution in [0.2, 0.25) is 0 Å². The predicted octanol–water partition coefficient (Wildman–Crippen LogP) is 3.26. The summed E-state index contributed by atoms with van der Waals surface area (Å²) in [5.41, 5.74) is 1.35. The van der Waals surface area contributed by atoms with Crippen LogP contribution in [0.4, 0.5) is 0 Å². The van der Waals surface area contributed by atoms with Crippen LogP contribution in [0.25, 0.3) is 11.1 Å². The van der Waals surface area contributed by atoms with Crippen molar-refractivity contribution in [2.24, 2.45) is 0 Å². The zero-order valence-electron chi connectivity index (χ0n) is 17.2. The molecular weight excluding hydrogens is 388 g/mol. The van der Waals surface area contributed by atoms with Gasteiger partial charge in [-0.3, -0.25) is 0 Å². The van der Waals surface area contributed by atoms with Gasteiger partial charge < -0.3 is 20.1 Å². The van der Waals surface area contributed by atoms with Crippen molar-refractivity contribution >= 4 is 9.84 Å². The molecule has 1 aliphatic rings. The molecule has 0 radical (unpaired) electrons. The molecule has 0 aromatic heterocycles. The van der Waals surface area contributed by atoms with E-state index in [2.05, 4.69) is 24.5 Å². The van der Waals surface area contributed by atoms with Gasteiger partial charge in [0.25, 0.3) is 0 Å². The topological polar surface area (TPSA) is 76.7 Å². The van der Waals surface area contributed by atoms with Crippen LogP contribution in [0.1, 0.15) is 26.7 Å². The van der Waals surface area contributed by atoms with Crippen LogP contribution in [-0.4, -0.2) is 47.8 Å². The number of rotatable bonds is 12. The first kappa shape index (κ1) is 21.6. The normalized spacial score (nSPS) is 13.7. The number of ether oxygens (including phenoxy) is 2. The molecule has 1 aliphatic heterocycles. The summed E-state index contributed by atoms with van der Waals surface area (Å²) < 4.78 is 37.3. The van der Waals surface area contributed by atoms with Crippen molar-refractivity contribution in [3.8, 4) is 22.6 Å². The molecule has 2 aromatic rings. The molecule has 0 saturated heterocycles. The SMILES string of the molecule is CCCNCCOc1ccc2c(c1)-c1cc(OCCNCCC)ccc1S2(=O)=O. The Kier molecular flexibility index (Phi) is 7.52. The number of benzene rings is 2.